The van der Waals surface area contributed by atoms with Gasteiger partial charge in [0.15, 0.2) is 0 Å². The first-order chi connectivity index (χ1) is 14.1. The number of para-hydroxylation sites is 1. The van der Waals surface area contributed by atoms with Gasteiger partial charge in [-0.1, -0.05) is 36.4 Å². The van der Waals surface area contributed by atoms with E-state index in [9.17, 15) is 9.90 Å². The number of fused-ring (bicyclic) bond motifs is 1. The molecule has 0 atom stereocenters. The quantitative estimate of drug-likeness (QED) is 0.393. The van der Waals surface area contributed by atoms with E-state index in [0.29, 0.717) is 24.3 Å². The molecule has 4 rings (SSSR count). The maximum atomic E-state index is 12.0. The molecule has 0 fully saturated rings. The van der Waals surface area contributed by atoms with E-state index in [4.69, 9.17) is 4.74 Å². The van der Waals surface area contributed by atoms with Crippen molar-refractivity contribution in [2.45, 2.75) is 26.2 Å². The molecule has 0 unspecified atom stereocenters. The van der Waals surface area contributed by atoms with Crippen molar-refractivity contribution in [3.8, 4) is 17.2 Å². The Labute approximate surface area is 168 Å². The van der Waals surface area contributed by atoms with E-state index < -0.39 is 0 Å². The second-order valence-electron chi connectivity index (χ2n) is 6.91. The van der Waals surface area contributed by atoms with Crippen LogP contribution in [0, 0.1) is 6.92 Å². The van der Waals surface area contributed by atoms with E-state index in [-0.39, 0.29) is 18.1 Å². The number of hydrogen-bond donors (Lipinski definition) is 1. The number of aromatic hydroxyl groups is 1. The summed E-state index contributed by atoms with van der Waals surface area (Å²) >= 11 is 0. The molecule has 0 aliphatic heterocycles. The lowest BCUT2D eigenvalue weighted by molar-refractivity contribution is -0.134. The Morgan fingerprint density at radius 2 is 1.66 bits per heavy atom. The average molecular weight is 387 g/mol. The summed E-state index contributed by atoms with van der Waals surface area (Å²) in [5.41, 5.74) is 3.80. The zero-order valence-corrected chi connectivity index (χ0v) is 16.1. The van der Waals surface area contributed by atoms with E-state index in [1.54, 1.807) is 12.1 Å². The highest BCUT2D eigenvalue weighted by Gasteiger charge is 2.14. The molecule has 29 heavy (non-hydrogen) atoms. The molecule has 146 valence electrons. The Kier molecular flexibility index (Phi) is 5.24. The monoisotopic (exact) mass is 387 g/mol. The number of carbonyl (C=O) groups excluding carboxylic acids is 1. The number of hydrogen-bond acceptors (Lipinski definition) is 5. The van der Waals surface area contributed by atoms with Gasteiger partial charge in [-0.2, -0.15) is 0 Å². The Hall–Kier alpha value is -3.67. The fourth-order valence-electron chi connectivity index (χ4n) is 3.24. The van der Waals surface area contributed by atoms with Gasteiger partial charge in [-0.15, -0.1) is 15.0 Å². The number of nitrogens with zero attached hydrogens (tertiary/aromatic N) is 3. The first kappa shape index (κ1) is 18.7. The zero-order chi connectivity index (χ0) is 20.2. The summed E-state index contributed by atoms with van der Waals surface area (Å²) in [5.74, 6) is 0.380. The molecule has 0 amide bonds. The number of aryl methyl sites for hydroxylation is 2. The van der Waals surface area contributed by atoms with E-state index in [0.717, 1.165) is 22.2 Å². The molecular weight excluding hydrogens is 366 g/mol. The topological polar surface area (TPSA) is 77.2 Å². The summed E-state index contributed by atoms with van der Waals surface area (Å²) in [5, 5.41) is 19.7. The van der Waals surface area contributed by atoms with Gasteiger partial charge in [0.2, 0.25) is 0 Å². The van der Waals surface area contributed by atoms with E-state index in [2.05, 4.69) is 10.2 Å². The van der Waals surface area contributed by atoms with Crippen LogP contribution in [0.1, 0.15) is 24.0 Å². The predicted molar refractivity (Wildman–Crippen MR) is 110 cm³/mol. The second kappa shape index (κ2) is 8.14. The van der Waals surface area contributed by atoms with Gasteiger partial charge in [0.25, 0.3) is 0 Å². The van der Waals surface area contributed by atoms with Gasteiger partial charge in [-0.05, 0) is 61.2 Å². The third-order valence-corrected chi connectivity index (χ3v) is 4.62. The van der Waals surface area contributed by atoms with E-state index in [1.807, 2.05) is 61.5 Å². The summed E-state index contributed by atoms with van der Waals surface area (Å²) in [7, 11) is 0. The summed E-state index contributed by atoms with van der Waals surface area (Å²) in [6.07, 6.45) is 1.38. The van der Waals surface area contributed by atoms with Crippen LogP contribution in [0.2, 0.25) is 0 Å². The lowest BCUT2D eigenvalue weighted by atomic mass is 10.0. The lowest BCUT2D eigenvalue weighted by Gasteiger charge is -2.11. The molecule has 1 aromatic heterocycles. The molecule has 3 aromatic carbocycles. The first-order valence-electron chi connectivity index (χ1n) is 9.51. The van der Waals surface area contributed by atoms with E-state index in [1.165, 1.54) is 4.80 Å². The largest absolute Gasteiger partial charge is 0.505 e. The van der Waals surface area contributed by atoms with Crippen LogP contribution >= 0.6 is 0 Å². The molecule has 6 nitrogen and oxygen atoms in total. The molecule has 0 spiro atoms. The highest BCUT2D eigenvalue weighted by molar-refractivity contribution is 5.74. The van der Waals surface area contributed by atoms with Crippen LogP contribution in [-0.4, -0.2) is 26.1 Å². The standard InChI is InChI=1S/C23H21N3O3/c1-16-14-17(8-7-13-22(27)29-18-9-3-2-4-10-18)23(28)21(15-16)26-24-19-11-5-6-12-20(19)25-26/h2-6,9-12,14-15,28H,7-8,13H2,1H3. The molecule has 0 saturated carbocycles. The number of phenolic OH excluding ortho intramolecular Hbond substituents is 1. The van der Waals surface area contributed by atoms with E-state index >= 15 is 0 Å². The summed E-state index contributed by atoms with van der Waals surface area (Å²) in [4.78, 5) is 13.5. The summed E-state index contributed by atoms with van der Waals surface area (Å²) in [6.45, 7) is 1.96. The number of phenols is 1. The molecule has 0 radical (unpaired) electrons. The van der Waals surface area contributed by atoms with Crippen molar-refractivity contribution < 1.29 is 14.6 Å². The molecule has 1 N–H and O–H groups in total. The highest BCUT2D eigenvalue weighted by Crippen LogP contribution is 2.29. The van der Waals surface area contributed by atoms with Gasteiger partial charge in [0.1, 0.15) is 28.2 Å². The molecule has 0 saturated heterocycles. The minimum absolute atomic E-state index is 0.132. The van der Waals surface area contributed by atoms with Gasteiger partial charge < -0.3 is 9.84 Å². The number of benzene rings is 3. The zero-order valence-electron chi connectivity index (χ0n) is 16.1. The number of rotatable bonds is 6. The fourth-order valence-corrected chi connectivity index (χ4v) is 3.24. The van der Waals surface area contributed by atoms with Gasteiger partial charge in [-0.25, -0.2) is 0 Å². The van der Waals surface area contributed by atoms with Crippen molar-refractivity contribution in [3.05, 3.63) is 77.9 Å². The minimum atomic E-state index is -0.288. The molecule has 0 aliphatic carbocycles. The van der Waals surface area contributed by atoms with Crippen molar-refractivity contribution in [3.63, 3.8) is 0 Å². The molecule has 0 bridgehead atoms. The van der Waals surface area contributed by atoms with Crippen molar-refractivity contribution in [2.24, 2.45) is 0 Å². The number of ether oxygens (including phenoxy) is 1. The third-order valence-electron chi connectivity index (χ3n) is 4.62. The van der Waals surface area contributed by atoms with Crippen molar-refractivity contribution in [1.29, 1.82) is 0 Å². The second-order valence-corrected chi connectivity index (χ2v) is 6.91. The normalized spacial score (nSPS) is 10.9. The maximum absolute atomic E-state index is 12.0. The minimum Gasteiger partial charge on any atom is -0.505 e. The molecule has 4 aromatic rings. The van der Waals surface area contributed by atoms with Crippen LogP contribution in [0.3, 0.4) is 0 Å². The highest BCUT2D eigenvalue weighted by atomic mass is 16.5. The third kappa shape index (κ3) is 4.27. The van der Waals surface area contributed by atoms with Gasteiger partial charge in [0, 0.05) is 6.42 Å². The summed E-state index contributed by atoms with van der Waals surface area (Å²) < 4.78 is 5.31. The SMILES string of the molecule is Cc1cc(CCCC(=O)Oc2ccccc2)c(O)c(-n2nc3ccccc3n2)c1. The number of esters is 1. The average Bonchev–Trinajstić information content (AvgIpc) is 3.15. The lowest BCUT2D eigenvalue weighted by Crippen LogP contribution is -2.08. The Morgan fingerprint density at radius 1 is 1.00 bits per heavy atom. The number of carbonyl (C=O) groups is 1. The van der Waals surface area contributed by atoms with Crippen LogP contribution in [0.25, 0.3) is 16.7 Å². The van der Waals surface area contributed by atoms with Gasteiger partial charge >= 0.3 is 5.97 Å². The molecular formula is C23H21N3O3. The summed E-state index contributed by atoms with van der Waals surface area (Å²) in [6, 6.07) is 20.3. The van der Waals surface area contributed by atoms with Crippen LogP contribution in [-0.2, 0) is 11.2 Å². The predicted octanol–water partition coefficient (Wildman–Crippen LogP) is 4.36. The molecule has 0 aliphatic rings. The van der Waals surface area contributed by atoms with Crippen LogP contribution < -0.4 is 4.74 Å². The molecule has 6 heteroatoms. The Balaban J connectivity index is 1.47. The fraction of sp³-hybridized carbons (Fsp3) is 0.174. The maximum Gasteiger partial charge on any atom is 0.311 e. The van der Waals surface area contributed by atoms with Crippen LogP contribution in [0.15, 0.2) is 66.7 Å². The van der Waals surface area contributed by atoms with Crippen LogP contribution in [0.4, 0.5) is 0 Å². The first-order valence-corrected chi connectivity index (χ1v) is 9.51. The number of aromatic nitrogens is 3. The molecule has 1 heterocycles. The Morgan fingerprint density at radius 3 is 2.34 bits per heavy atom. The van der Waals surface area contributed by atoms with Crippen LogP contribution in [0.5, 0.6) is 11.5 Å². The van der Waals surface area contributed by atoms with Crippen molar-refractivity contribution >= 4 is 17.0 Å². The Bertz CT molecular complexity index is 1120. The smallest absolute Gasteiger partial charge is 0.311 e. The van der Waals surface area contributed by atoms with Crippen molar-refractivity contribution in [1.82, 2.24) is 15.0 Å². The van der Waals surface area contributed by atoms with Gasteiger partial charge in [0.05, 0.1) is 0 Å². The van der Waals surface area contributed by atoms with Gasteiger partial charge in [-0.3, -0.25) is 4.79 Å². The van der Waals surface area contributed by atoms with Crippen molar-refractivity contribution in [2.75, 3.05) is 0 Å².